The fourth-order valence-electron chi connectivity index (χ4n) is 0.954. The van der Waals surface area contributed by atoms with Crippen LogP contribution in [-0.4, -0.2) is 30.4 Å². The van der Waals surface area contributed by atoms with Gasteiger partial charge in [-0.1, -0.05) is 0 Å². The molecule has 1 heterocycles. The number of aldehydes is 1. The molecule has 1 fully saturated rings. The van der Waals surface area contributed by atoms with E-state index in [9.17, 15) is 9.59 Å². The second kappa shape index (κ2) is 4.08. The topological polar surface area (TPSA) is 46.6 Å². The number of carbonyl (C=O) groups excluding carboxylic acids is 2. The normalized spacial score (nSPS) is 18.5. The number of hydroxylamine groups is 2. The Hall–Kier alpha value is -0.900. The summed E-state index contributed by atoms with van der Waals surface area (Å²) in [6.45, 7) is 0.979. The second-order valence-electron chi connectivity index (χ2n) is 2.39. The highest BCUT2D eigenvalue weighted by atomic mass is 16.7. The Morgan fingerprint density at radius 1 is 1.64 bits per heavy atom. The van der Waals surface area contributed by atoms with E-state index in [2.05, 4.69) is 0 Å². The van der Waals surface area contributed by atoms with Crippen LogP contribution in [0, 0.1) is 0 Å². The van der Waals surface area contributed by atoms with E-state index in [1.54, 1.807) is 0 Å². The van der Waals surface area contributed by atoms with Gasteiger partial charge in [-0.25, -0.2) is 5.06 Å². The van der Waals surface area contributed by atoms with Crippen LogP contribution in [0.4, 0.5) is 0 Å². The molecule has 0 aromatic rings. The lowest BCUT2D eigenvalue weighted by Crippen LogP contribution is -2.36. The van der Waals surface area contributed by atoms with Gasteiger partial charge in [0.15, 0.2) is 0 Å². The number of amides is 1. The van der Waals surface area contributed by atoms with E-state index in [1.165, 1.54) is 5.06 Å². The summed E-state index contributed by atoms with van der Waals surface area (Å²) < 4.78 is 0. The van der Waals surface area contributed by atoms with Gasteiger partial charge in [0.05, 0.1) is 13.2 Å². The van der Waals surface area contributed by atoms with Crippen molar-refractivity contribution in [3.63, 3.8) is 0 Å². The fraction of sp³-hybridized carbons (Fsp3) is 0.714. The zero-order chi connectivity index (χ0) is 8.10. The summed E-state index contributed by atoms with van der Waals surface area (Å²) in [5.41, 5.74) is 0. The van der Waals surface area contributed by atoms with Gasteiger partial charge in [0, 0.05) is 12.8 Å². The molecule has 0 spiro atoms. The summed E-state index contributed by atoms with van der Waals surface area (Å²) in [7, 11) is 0. The summed E-state index contributed by atoms with van der Waals surface area (Å²) in [5, 5.41) is 1.28. The molecule has 0 N–H and O–H groups in total. The van der Waals surface area contributed by atoms with E-state index < -0.39 is 0 Å². The van der Waals surface area contributed by atoms with Crippen LogP contribution >= 0.6 is 0 Å². The Bertz CT molecular complexity index is 158. The highest BCUT2D eigenvalue weighted by Gasteiger charge is 2.17. The first-order valence-corrected chi connectivity index (χ1v) is 3.71. The minimum Gasteiger partial charge on any atom is -0.303 e. The van der Waals surface area contributed by atoms with E-state index in [0.717, 1.165) is 12.7 Å². The number of hydrogen-bond donors (Lipinski definition) is 0. The third-order valence-corrected chi connectivity index (χ3v) is 1.51. The van der Waals surface area contributed by atoms with Gasteiger partial charge in [-0.15, -0.1) is 0 Å². The van der Waals surface area contributed by atoms with Crippen molar-refractivity contribution in [3.05, 3.63) is 0 Å². The SMILES string of the molecule is O=CCCN1OCCCC1=O. The third kappa shape index (κ3) is 2.31. The zero-order valence-corrected chi connectivity index (χ0v) is 6.28. The monoisotopic (exact) mass is 157 g/mol. The zero-order valence-electron chi connectivity index (χ0n) is 6.28. The number of carbonyl (C=O) groups is 2. The van der Waals surface area contributed by atoms with Crippen LogP contribution in [0.3, 0.4) is 0 Å². The highest BCUT2D eigenvalue weighted by molar-refractivity contribution is 5.75. The molecule has 11 heavy (non-hydrogen) atoms. The molecule has 0 atom stereocenters. The lowest BCUT2D eigenvalue weighted by Gasteiger charge is -2.24. The van der Waals surface area contributed by atoms with Gasteiger partial charge in [-0.05, 0) is 6.42 Å². The molecule has 0 radical (unpaired) electrons. The molecule has 1 amide bonds. The first-order valence-electron chi connectivity index (χ1n) is 3.71. The maximum atomic E-state index is 11.0. The smallest absolute Gasteiger partial charge is 0.246 e. The van der Waals surface area contributed by atoms with Gasteiger partial charge in [0.2, 0.25) is 5.91 Å². The van der Waals surface area contributed by atoms with E-state index in [4.69, 9.17) is 4.84 Å². The quantitative estimate of drug-likeness (QED) is 0.547. The molecule has 4 nitrogen and oxygen atoms in total. The molecule has 0 aromatic heterocycles. The number of rotatable bonds is 3. The van der Waals surface area contributed by atoms with Crippen LogP contribution in [0.25, 0.3) is 0 Å². The van der Waals surface area contributed by atoms with Crippen LogP contribution in [0.2, 0.25) is 0 Å². The minimum absolute atomic E-state index is 0.0156. The summed E-state index contributed by atoms with van der Waals surface area (Å²) in [6.07, 6.45) is 2.46. The van der Waals surface area contributed by atoms with Crippen molar-refractivity contribution < 1.29 is 14.4 Å². The van der Waals surface area contributed by atoms with Gasteiger partial charge >= 0.3 is 0 Å². The molecular formula is C7H11NO3. The molecule has 1 rings (SSSR count). The standard InChI is InChI=1S/C7H11NO3/c9-5-2-4-8-7(10)3-1-6-11-8/h5H,1-4,6H2. The van der Waals surface area contributed by atoms with Crippen LogP contribution in [0.1, 0.15) is 19.3 Å². The maximum Gasteiger partial charge on any atom is 0.246 e. The molecule has 0 unspecified atom stereocenters. The van der Waals surface area contributed by atoms with Crippen LogP contribution in [-0.2, 0) is 14.4 Å². The molecule has 0 bridgehead atoms. The van der Waals surface area contributed by atoms with E-state index >= 15 is 0 Å². The average Bonchev–Trinajstić information content (AvgIpc) is 2.03. The predicted molar refractivity (Wildman–Crippen MR) is 37.6 cm³/mol. The maximum absolute atomic E-state index is 11.0. The van der Waals surface area contributed by atoms with Crippen molar-refractivity contribution in [1.29, 1.82) is 0 Å². The largest absolute Gasteiger partial charge is 0.303 e. The van der Waals surface area contributed by atoms with Gasteiger partial charge in [-0.3, -0.25) is 9.63 Å². The van der Waals surface area contributed by atoms with Crippen molar-refractivity contribution in [3.8, 4) is 0 Å². The van der Waals surface area contributed by atoms with Crippen molar-refractivity contribution in [2.24, 2.45) is 0 Å². The summed E-state index contributed by atoms with van der Waals surface area (Å²) >= 11 is 0. The molecular weight excluding hydrogens is 146 g/mol. The molecule has 0 aliphatic carbocycles. The molecule has 0 aromatic carbocycles. The van der Waals surface area contributed by atoms with Crippen LogP contribution < -0.4 is 0 Å². The van der Waals surface area contributed by atoms with E-state index in [0.29, 0.717) is 26.0 Å². The van der Waals surface area contributed by atoms with Crippen molar-refractivity contribution in [2.75, 3.05) is 13.2 Å². The molecule has 62 valence electrons. The highest BCUT2D eigenvalue weighted by Crippen LogP contribution is 2.07. The lowest BCUT2D eigenvalue weighted by atomic mass is 10.3. The first kappa shape index (κ1) is 8.20. The Balaban J connectivity index is 2.29. The van der Waals surface area contributed by atoms with E-state index in [1.807, 2.05) is 0 Å². The minimum atomic E-state index is -0.0156. The van der Waals surface area contributed by atoms with Crippen molar-refractivity contribution in [2.45, 2.75) is 19.3 Å². The third-order valence-electron chi connectivity index (χ3n) is 1.51. The first-order chi connectivity index (χ1) is 5.34. The van der Waals surface area contributed by atoms with Gasteiger partial charge in [0.25, 0.3) is 0 Å². The Morgan fingerprint density at radius 3 is 3.09 bits per heavy atom. The molecule has 1 aliphatic rings. The van der Waals surface area contributed by atoms with Crippen molar-refractivity contribution >= 4 is 12.2 Å². The Labute approximate surface area is 65.1 Å². The Kier molecular flexibility index (Phi) is 3.04. The summed E-state index contributed by atoms with van der Waals surface area (Å²) in [4.78, 5) is 26.0. The molecule has 1 aliphatic heterocycles. The lowest BCUT2D eigenvalue weighted by molar-refractivity contribution is -0.197. The van der Waals surface area contributed by atoms with Gasteiger partial charge in [0.1, 0.15) is 6.29 Å². The van der Waals surface area contributed by atoms with Gasteiger partial charge in [-0.2, -0.15) is 0 Å². The molecule has 1 saturated heterocycles. The van der Waals surface area contributed by atoms with Gasteiger partial charge < -0.3 is 4.79 Å². The van der Waals surface area contributed by atoms with E-state index in [-0.39, 0.29) is 5.91 Å². The second-order valence-corrected chi connectivity index (χ2v) is 2.39. The van der Waals surface area contributed by atoms with Crippen LogP contribution in [0.5, 0.6) is 0 Å². The summed E-state index contributed by atoms with van der Waals surface area (Å²) in [6, 6.07) is 0. The molecule has 0 saturated carbocycles. The molecule has 4 heteroatoms. The fourth-order valence-corrected chi connectivity index (χ4v) is 0.954. The van der Waals surface area contributed by atoms with Crippen LogP contribution in [0.15, 0.2) is 0 Å². The van der Waals surface area contributed by atoms with Crippen molar-refractivity contribution in [1.82, 2.24) is 5.06 Å². The average molecular weight is 157 g/mol. The predicted octanol–water partition coefficient (Wildman–Crippen LogP) is 0.129. The number of hydrogen-bond acceptors (Lipinski definition) is 3. The Morgan fingerprint density at radius 2 is 2.45 bits per heavy atom. The number of nitrogens with zero attached hydrogens (tertiary/aromatic N) is 1. The summed E-state index contributed by atoms with van der Waals surface area (Å²) in [5.74, 6) is -0.0156.